The fraction of sp³-hybridized carbons (Fsp3) is 0.409. The van der Waals surface area contributed by atoms with E-state index in [1.54, 1.807) is 19.1 Å². The van der Waals surface area contributed by atoms with Crippen LogP contribution < -0.4 is 9.47 Å². The van der Waals surface area contributed by atoms with Crippen molar-refractivity contribution in [3.63, 3.8) is 0 Å². The van der Waals surface area contributed by atoms with Gasteiger partial charge in [0.1, 0.15) is 11.5 Å². The molecule has 2 rings (SSSR count). The summed E-state index contributed by atoms with van der Waals surface area (Å²) in [5.74, 6) is 1.41. The monoisotopic (exact) mass is 371 g/mol. The molecule has 5 nitrogen and oxygen atoms in total. The van der Waals surface area contributed by atoms with Crippen LogP contribution in [-0.2, 0) is 17.8 Å². The molecule has 0 atom stereocenters. The first-order valence-corrected chi connectivity index (χ1v) is 9.14. The Kier molecular flexibility index (Phi) is 7.67. The number of aliphatic hydroxyl groups excluding tert-OH is 1. The fourth-order valence-corrected chi connectivity index (χ4v) is 3.15. The second-order valence-electron chi connectivity index (χ2n) is 6.65. The Balaban J connectivity index is 2.10. The molecule has 2 aromatic carbocycles. The molecular formula is C22H29NO4. The van der Waals surface area contributed by atoms with Crippen LogP contribution in [0.5, 0.6) is 11.5 Å². The van der Waals surface area contributed by atoms with Gasteiger partial charge in [-0.2, -0.15) is 0 Å². The predicted octanol–water partition coefficient (Wildman–Crippen LogP) is 3.27. The standard InChI is InChI=1S/C22H29NO4/c1-16-5-6-18(17(2)13-16)7-10-22(25)23(11-12-24)15-19-14-20(26-3)8-9-21(19)27-4/h5-6,8-9,13-14,24H,7,10-12,15H2,1-4H3. The summed E-state index contributed by atoms with van der Waals surface area (Å²) < 4.78 is 10.7. The van der Waals surface area contributed by atoms with Crippen molar-refractivity contribution in [2.24, 2.45) is 0 Å². The van der Waals surface area contributed by atoms with Gasteiger partial charge in [-0.1, -0.05) is 23.8 Å². The van der Waals surface area contributed by atoms with E-state index in [0.717, 1.165) is 5.56 Å². The van der Waals surface area contributed by atoms with Gasteiger partial charge >= 0.3 is 0 Å². The number of carbonyl (C=O) groups is 1. The summed E-state index contributed by atoms with van der Waals surface area (Å²) in [4.78, 5) is 14.5. The molecule has 0 unspecified atom stereocenters. The normalized spacial score (nSPS) is 10.6. The number of rotatable bonds is 9. The van der Waals surface area contributed by atoms with Crippen LogP contribution in [0.25, 0.3) is 0 Å². The maximum Gasteiger partial charge on any atom is 0.223 e. The number of benzene rings is 2. The number of aryl methyl sites for hydroxylation is 3. The molecule has 0 aliphatic carbocycles. The summed E-state index contributed by atoms with van der Waals surface area (Å²) in [6.45, 7) is 4.70. The molecule has 146 valence electrons. The maximum absolute atomic E-state index is 12.8. The van der Waals surface area contributed by atoms with E-state index in [0.29, 0.717) is 30.9 Å². The Morgan fingerprint density at radius 2 is 1.81 bits per heavy atom. The summed E-state index contributed by atoms with van der Waals surface area (Å²) in [6, 6.07) is 11.8. The number of ether oxygens (including phenoxy) is 2. The number of aliphatic hydroxyl groups is 1. The molecule has 0 aliphatic heterocycles. The van der Waals surface area contributed by atoms with E-state index < -0.39 is 0 Å². The zero-order chi connectivity index (χ0) is 19.8. The summed E-state index contributed by atoms with van der Waals surface area (Å²) in [6.07, 6.45) is 1.08. The highest BCUT2D eigenvalue weighted by atomic mass is 16.5. The Bertz CT molecular complexity index is 773. The highest BCUT2D eigenvalue weighted by molar-refractivity contribution is 5.76. The predicted molar refractivity (Wildman–Crippen MR) is 106 cm³/mol. The first-order chi connectivity index (χ1) is 13.0. The van der Waals surface area contributed by atoms with Crippen molar-refractivity contribution in [1.29, 1.82) is 0 Å². The number of methoxy groups -OCH3 is 2. The smallest absolute Gasteiger partial charge is 0.223 e. The molecule has 2 aromatic rings. The first-order valence-electron chi connectivity index (χ1n) is 9.14. The fourth-order valence-electron chi connectivity index (χ4n) is 3.15. The van der Waals surface area contributed by atoms with Gasteiger partial charge in [0, 0.05) is 25.1 Å². The van der Waals surface area contributed by atoms with Crippen molar-refractivity contribution in [1.82, 2.24) is 4.90 Å². The van der Waals surface area contributed by atoms with E-state index in [4.69, 9.17) is 9.47 Å². The van der Waals surface area contributed by atoms with Crippen molar-refractivity contribution in [2.75, 3.05) is 27.4 Å². The van der Waals surface area contributed by atoms with Gasteiger partial charge < -0.3 is 19.5 Å². The third-order valence-corrected chi connectivity index (χ3v) is 4.68. The molecule has 0 heterocycles. The van der Waals surface area contributed by atoms with Gasteiger partial charge in [-0.25, -0.2) is 0 Å². The van der Waals surface area contributed by atoms with Crippen LogP contribution in [0.4, 0.5) is 0 Å². The zero-order valence-corrected chi connectivity index (χ0v) is 16.6. The lowest BCUT2D eigenvalue weighted by Crippen LogP contribution is -2.33. The van der Waals surface area contributed by atoms with Gasteiger partial charge in [-0.3, -0.25) is 4.79 Å². The SMILES string of the molecule is COc1ccc(OC)c(CN(CCO)C(=O)CCc2ccc(C)cc2C)c1. The van der Waals surface area contributed by atoms with E-state index in [1.807, 2.05) is 18.2 Å². The quantitative estimate of drug-likeness (QED) is 0.735. The number of hydrogen-bond donors (Lipinski definition) is 1. The lowest BCUT2D eigenvalue weighted by Gasteiger charge is -2.23. The summed E-state index contributed by atoms with van der Waals surface area (Å²) in [5, 5.41) is 9.40. The molecule has 1 N–H and O–H groups in total. The maximum atomic E-state index is 12.8. The molecule has 27 heavy (non-hydrogen) atoms. The average molecular weight is 371 g/mol. The van der Waals surface area contributed by atoms with E-state index >= 15 is 0 Å². The van der Waals surface area contributed by atoms with Gasteiger partial charge in [0.2, 0.25) is 5.91 Å². The lowest BCUT2D eigenvalue weighted by atomic mass is 10.0. The van der Waals surface area contributed by atoms with E-state index in [1.165, 1.54) is 16.7 Å². The molecule has 0 aliphatic rings. The second-order valence-corrected chi connectivity index (χ2v) is 6.65. The lowest BCUT2D eigenvalue weighted by molar-refractivity contribution is -0.132. The number of carbonyl (C=O) groups excluding carboxylic acids is 1. The van der Waals surface area contributed by atoms with E-state index in [9.17, 15) is 9.90 Å². The summed E-state index contributed by atoms with van der Waals surface area (Å²) >= 11 is 0. The molecule has 5 heteroatoms. The van der Waals surface area contributed by atoms with Crippen LogP contribution in [0.1, 0.15) is 28.7 Å². The van der Waals surface area contributed by atoms with Crippen LogP contribution in [0.2, 0.25) is 0 Å². The third-order valence-electron chi connectivity index (χ3n) is 4.68. The number of nitrogens with zero attached hydrogens (tertiary/aromatic N) is 1. The highest BCUT2D eigenvalue weighted by Gasteiger charge is 2.17. The Labute approximate surface area is 161 Å². The van der Waals surface area contributed by atoms with Crippen molar-refractivity contribution in [3.05, 3.63) is 58.7 Å². The van der Waals surface area contributed by atoms with Crippen LogP contribution in [0.3, 0.4) is 0 Å². The second kappa shape index (κ2) is 9.97. The van der Waals surface area contributed by atoms with Gasteiger partial charge in [-0.15, -0.1) is 0 Å². The van der Waals surface area contributed by atoms with Crippen LogP contribution in [-0.4, -0.2) is 43.3 Å². The topological polar surface area (TPSA) is 59.0 Å². The first kappa shape index (κ1) is 20.8. The molecular weight excluding hydrogens is 342 g/mol. The van der Waals surface area contributed by atoms with Crippen molar-refractivity contribution in [3.8, 4) is 11.5 Å². The minimum absolute atomic E-state index is 0.00824. The van der Waals surface area contributed by atoms with E-state index in [2.05, 4.69) is 32.0 Å². The molecule has 0 saturated carbocycles. The minimum atomic E-state index is -0.0818. The summed E-state index contributed by atoms with van der Waals surface area (Å²) in [7, 11) is 3.20. The average Bonchev–Trinajstić information content (AvgIpc) is 2.66. The van der Waals surface area contributed by atoms with Gasteiger partial charge in [0.25, 0.3) is 0 Å². The molecule has 0 bridgehead atoms. The highest BCUT2D eigenvalue weighted by Crippen LogP contribution is 2.25. The van der Waals surface area contributed by atoms with Crippen LogP contribution in [0, 0.1) is 13.8 Å². The van der Waals surface area contributed by atoms with Crippen LogP contribution in [0.15, 0.2) is 36.4 Å². The molecule has 0 spiro atoms. The molecule has 1 amide bonds. The molecule has 0 saturated heterocycles. The van der Waals surface area contributed by atoms with Crippen molar-refractivity contribution in [2.45, 2.75) is 33.2 Å². The van der Waals surface area contributed by atoms with Gasteiger partial charge in [0.15, 0.2) is 0 Å². The Morgan fingerprint density at radius 1 is 1.04 bits per heavy atom. The third kappa shape index (κ3) is 5.73. The van der Waals surface area contributed by atoms with Crippen LogP contribution >= 0.6 is 0 Å². The van der Waals surface area contributed by atoms with Crippen molar-refractivity contribution < 1.29 is 19.4 Å². The van der Waals surface area contributed by atoms with E-state index in [-0.39, 0.29) is 19.1 Å². The number of hydrogen-bond acceptors (Lipinski definition) is 4. The van der Waals surface area contributed by atoms with Gasteiger partial charge in [0.05, 0.1) is 20.8 Å². The largest absolute Gasteiger partial charge is 0.497 e. The van der Waals surface area contributed by atoms with Gasteiger partial charge in [-0.05, 0) is 49.6 Å². The number of amides is 1. The Morgan fingerprint density at radius 3 is 2.44 bits per heavy atom. The minimum Gasteiger partial charge on any atom is -0.497 e. The Hall–Kier alpha value is -2.53. The molecule has 0 radical (unpaired) electrons. The zero-order valence-electron chi connectivity index (χ0n) is 16.6. The molecule has 0 aromatic heterocycles. The van der Waals surface area contributed by atoms with Crippen molar-refractivity contribution >= 4 is 5.91 Å². The summed E-state index contributed by atoms with van der Waals surface area (Å²) in [5.41, 5.74) is 4.45. The molecule has 0 fully saturated rings.